The van der Waals surface area contributed by atoms with Crippen molar-refractivity contribution in [1.29, 1.82) is 0 Å². The van der Waals surface area contributed by atoms with Crippen LogP contribution in [0.15, 0.2) is 24.3 Å². The van der Waals surface area contributed by atoms with E-state index in [9.17, 15) is 4.39 Å². The van der Waals surface area contributed by atoms with Crippen molar-refractivity contribution in [2.75, 3.05) is 19.8 Å². The van der Waals surface area contributed by atoms with Crippen molar-refractivity contribution >= 4 is 0 Å². The molecule has 0 aliphatic carbocycles. The minimum atomic E-state index is -0.123. The van der Waals surface area contributed by atoms with E-state index in [4.69, 9.17) is 4.74 Å². The molecule has 0 saturated carbocycles. The molecule has 0 bridgehead atoms. The molecule has 0 aromatic heterocycles. The fraction of sp³-hybridized carbons (Fsp3) is 0.600. The Morgan fingerprint density at radius 3 is 2.61 bits per heavy atom. The van der Waals surface area contributed by atoms with Gasteiger partial charge in [0.05, 0.1) is 6.61 Å². The number of hydrogen-bond donors (Lipinski definition) is 1. The molecule has 1 N–H and O–H groups in total. The van der Waals surface area contributed by atoms with E-state index in [1.807, 2.05) is 12.1 Å². The van der Waals surface area contributed by atoms with Crippen LogP contribution in [0, 0.1) is 11.7 Å². The van der Waals surface area contributed by atoms with Crippen LogP contribution in [0.2, 0.25) is 0 Å². The average molecular weight is 253 g/mol. The van der Waals surface area contributed by atoms with Gasteiger partial charge in [0.25, 0.3) is 0 Å². The van der Waals surface area contributed by atoms with Crippen molar-refractivity contribution in [2.45, 2.75) is 33.2 Å². The van der Waals surface area contributed by atoms with Gasteiger partial charge in [0.2, 0.25) is 0 Å². The second-order valence-corrected chi connectivity index (χ2v) is 5.12. The number of rotatable bonds is 8. The molecule has 102 valence electrons. The van der Waals surface area contributed by atoms with E-state index >= 15 is 0 Å². The van der Waals surface area contributed by atoms with Gasteiger partial charge in [-0.15, -0.1) is 0 Å². The first-order chi connectivity index (χ1) is 8.59. The second-order valence-electron chi connectivity index (χ2n) is 5.12. The Balaban J connectivity index is 2.18. The number of benzene rings is 1. The zero-order valence-corrected chi connectivity index (χ0v) is 11.6. The highest BCUT2D eigenvalue weighted by Gasteiger charge is 2.06. The van der Waals surface area contributed by atoms with Gasteiger partial charge in [-0.1, -0.05) is 32.0 Å². The first-order valence-electron chi connectivity index (χ1n) is 6.64. The molecule has 0 saturated heterocycles. The predicted molar refractivity (Wildman–Crippen MR) is 73.2 cm³/mol. The maximum atomic E-state index is 13.4. The Kier molecular flexibility index (Phi) is 6.91. The fourth-order valence-corrected chi connectivity index (χ4v) is 1.76. The Hall–Kier alpha value is -0.930. The van der Waals surface area contributed by atoms with E-state index in [1.54, 1.807) is 6.07 Å². The molecule has 0 fully saturated rings. The molecule has 0 heterocycles. The zero-order chi connectivity index (χ0) is 13.4. The summed E-state index contributed by atoms with van der Waals surface area (Å²) in [5.74, 6) is 0.447. The molecule has 1 rings (SSSR count). The summed E-state index contributed by atoms with van der Waals surface area (Å²) in [4.78, 5) is 0. The molecular formula is C15H24FNO. The van der Waals surface area contributed by atoms with Gasteiger partial charge in [-0.05, 0) is 30.9 Å². The largest absolute Gasteiger partial charge is 0.380 e. The van der Waals surface area contributed by atoms with E-state index in [1.165, 1.54) is 6.07 Å². The van der Waals surface area contributed by atoms with Crippen LogP contribution < -0.4 is 5.32 Å². The number of nitrogens with one attached hydrogen (secondary N) is 1. The molecule has 18 heavy (non-hydrogen) atoms. The highest BCUT2D eigenvalue weighted by Crippen LogP contribution is 2.08. The van der Waals surface area contributed by atoms with Crippen LogP contribution in [0.3, 0.4) is 0 Å². The molecule has 3 heteroatoms. The van der Waals surface area contributed by atoms with Crippen molar-refractivity contribution in [3.63, 3.8) is 0 Å². The molecule has 1 aromatic rings. The van der Waals surface area contributed by atoms with Crippen molar-refractivity contribution in [3.8, 4) is 0 Å². The lowest BCUT2D eigenvalue weighted by Crippen LogP contribution is -2.31. The van der Waals surface area contributed by atoms with Crippen LogP contribution in [0.25, 0.3) is 0 Å². The van der Waals surface area contributed by atoms with Crippen molar-refractivity contribution in [3.05, 3.63) is 35.6 Å². The Labute approximate surface area is 110 Å². The Morgan fingerprint density at radius 1 is 1.22 bits per heavy atom. The van der Waals surface area contributed by atoms with Crippen LogP contribution in [-0.4, -0.2) is 25.8 Å². The SMILES string of the molecule is CC(C)COCCNC(C)Cc1ccccc1F. The molecule has 1 unspecified atom stereocenters. The first-order valence-corrected chi connectivity index (χ1v) is 6.64. The van der Waals surface area contributed by atoms with Crippen LogP contribution >= 0.6 is 0 Å². The van der Waals surface area contributed by atoms with Gasteiger partial charge in [-0.25, -0.2) is 4.39 Å². The lowest BCUT2D eigenvalue weighted by Gasteiger charge is -2.14. The summed E-state index contributed by atoms with van der Waals surface area (Å²) in [6.45, 7) is 8.64. The normalized spacial score (nSPS) is 12.9. The van der Waals surface area contributed by atoms with Gasteiger partial charge in [0.1, 0.15) is 5.82 Å². The van der Waals surface area contributed by atoms with Crippen molar-refractivity contribution < 1.29 is 9.13 Å². The minimum Gasteiger partial charge on any atom is -0.380 e. The molecule has 2 nitrogen and oxygen atoms in total. The van der Waals surface area contributed by atoms with Gasteiger partial charge in [0.15, 0.2) is 0 Å². The summed E-state index contributed by atoms with van der Waals surface area (Å²) in [7, 11) is 0. The summed E-state index contributed by atoms with van der Waals surface area (Å²) < 4.78 is 18.9. The third-order valence-electron chi connectivity index (χ3n) is 2.67. The summed E-state index contributed by atoms with van der Waals surface area (Å²) in [6.07, 6.45) is 0.705. The van der Waals surface area contributed by atoms with Gasteiger partial charge in [-0.3, -0.25) is 0 Å². The maximum Gasteiger partial charge on any atom is 0.126 e. The van der Waals surface area contributed by atoms with Gasteiger partial charge >= 0.3 is 0 Å². The topological polar surface area (TPSA) is 21.3 Å². The van der Waals surface area contributed by atoms with E-state index in [2.05, 4.69) is 26.1 Å². The summed E-state index contributed by atoms with van der Waals surface area (Å²) in [5, 5.41) is 3.34. The standard InChI is InChI=1S/C15H24FNO/c1-12(2)11-18-9-8-17-13(3)10-14-6-4-5-7-15(14)16/h4-7,12-13,17H,8-11H2,1-3H3. The van der Waals surface area contributed by atoms with E-state index in [-0.39, 0.29) is 11.9 Å². The number of hydrogen-bond acceptors (Lipinski definition) is 2. The Morgan fingerprint density at radius 2 is 1.94 bits per heavy atom. The number of ether oxygens (including phenoxy) is 1. The Bertz CT molecular complexity index is 341. The molecule has 0 aliphatic rings. The fourth-order valence-electron chi connectivity index (χ4n) is 1.76. The van der Waals surface area contributed by atoms with E-state index in [0.717, 1.165) is 18.7 Å². The van der Waals surface area contributed by atoms with Crippen LogP contribution in [0.4, 0.5) is 4.39 Å². The monoisotopic (exact) mass is 253 g/mol. The second kappa shape index (κ2) is 8.22. The van der Waals surface area contributed by atoms with Crippen LogP contribution in [0.5, 0.6) is 0 Å². The van der Waals surface area contributed by atoms with Crippen LogP contribution in [0.1, 0.15) is 26.3 Å². The maximum absolute atomic E-state index is 13.4. The molecule has 0 aliphatic heterocycles. The first kappa shape index (κ1) is 15.1. The molecule has 0 radical (unpaired) electrons. The summed E-state index contributed by atoms with van der Waals surface area (Å²) >= 11 is 0. The van der Waals surface area contributed by atoms with Gasteiger partial charge in [0, 0.05) is 19.2 Å². The number of halogens is 1. The lowest BCUT2D eigenvalue weighted by atomic mass is 10.1. The highest BCUT2D eigenvalue weighted by molar-refractivity contribution is 5.18. The molecule has 0 spiro atoms. The van der Waals surface area contributed by atoms with E-state index in [0.29, 0.717) is 18.9 Å². The third-order valence-corrected chi connectivity index (χ3v) is 2.67. The quantitative estimate of drug-likeness (QED) is 0.719. The molecule has 1 aromatic carbocycles. The van der Waals surface area contributed by atoms with Crippen LogP contribution in [-0.2, 0) is 11.2 Å². The summed E-state index contributed by atoms with van der Waals surface area (Å²) in [5.41, 5.74) is 0.764. The molecule has 1 atom stereocenters. The average Bonchev–Trinajstić information content (AvgIpc) is 2.31. The van der Waals surface area contributed by atoms with Crippen molar-refractivity contribution in [1.82, 2.24) is 5.32 Å². The summed E-state index contributed by atoms with van der Waals surface area (Å²) in [6, 6.07) is 7.19. The van der Waals surface area contributed by atoms with Gasteiger partial charge < -0.3 is 10.1 Å². The third kappa shape index (κ3) is 6.12. The highest BCUT2D eigenvalue weighted by atomic mass is 19.1. The smallest absolute Gasteiger partial charge is 0.126 e. The molecule has 0 amide bonds. The minimum absolute atomic E-state index is 0.123. The molecular weight excluding hydrogens is 229 g/mol. The van der Waals surface area contributed by atoms with E-state index < -0.39 is 0 Å². The zero-order valence-electron chi connectivity index (χ0n) is 11.6. The van der Waals surface area contributed by atoms with Crippen molar-refractivity contribution in [2.24, 2.45) is 5.92 Å². The lowest BCUT2D eigenvalue weighted by molar-refractivity contribution is 0.110. The predicted octanol–water partition coefficient (Wildman–Crippen LogP) is 3.02. The van der Waals surface area contributed by atoms with Gasteiger partial charge in [-0.2, -0.15) is 0 Å².